The van der Waals surface area contributed by atoms with Crippen LogP contribution in [0.4, 0.5) is 5.69 Å². The predicted molar refractivity (Wildman–Crippen MR) is 129 cm³/mol. The van der Waals surface area contributed by atoms with Gasteiger partial charge in [0.2, 0.25) is 0 Å². The number of amides is 1. The molecule has 0 radical (unpaired) electrons. The zero-order valence-electron chi connectivity index (χ0n) is 18.8. The minimum Gasteiger partial charge on any atom is -0.367 e. The van der Waals surface area contributed by atoms with Gasteiger partial charge in [-0.05, 0) is 56.0 Å². The molecule has 0 aromatic heterocycles. The van der Waals surface area contributed by atoms with Crippen LogP contribution in [0.25, 0.3) is 0 Å². The second-order valence-electron chi connectivity index (χ2n) is 8.65. The average Bonchev–Trinajstić information content (AvgIpc) is 2.78. The van der Waals surface area contributed by atoms with Crippen LogP contribution >= 0.6 is 0 Å². The van der Waals surface area contributed by atoms with Gasteiger partial charge in [0.1, 0.15) is 0 Å². The Balaban J connectivity index is 1.64. The smallest absolute Gasteiger partial charge is 0.254 e. The molecule has 1 amide bonds. The maximum absolute atomic E-state index is 13.6. The molecule has 3 aromatic rings. The first-order valence-electron chi connectivity index (χ1n) is 11.3. The van der Waals surface area contributed by atoms with E-state index in [0.29, 0.717) is 0 Å². The number of carbonyl (C=O) groups is 1. The fourth-order valence-corrected chi connectivity index (χ4v) is 4.78. The Morgan fingerprint density at radius 1 is 0.903 bits per heavy atom. The predicted octanol–water partition coefficient (Wildman–Crippen LogP) is 5.44. The van der Waals surface area contributed by atoms with E-state index in [1.54, 1.807) is 0 Å². The normalized spacial score (nSPS) is 16.4. The number of rotatable bonds is 5. The molecule has 160 valence electrons. The minimum atomic E-state index is 0.134. The van der Waals surface area contributed by atoms with Crippen LogP contribution in [0.15, 0.2) is 72.8 Å². The van der Waals surface area contributed by atoms with E-state index < -0.39 is 0 Å². The molecule has 4 rings (SSSR count). The lowest BCUT2D eigenvalue weighted by atomic mass is 9.98. The third kappa shape index (κ3) is 4.82. The van der Waals surface area contributed by atoms with Crippen LogP contribution < -0.4 is 4.90 Å². The van der Waals surface area contributed by atoms with E-state index in [0.717, 1.165) is 49.2 Å². The van der Waals surface area contributed by atoms with Crippen molar-refractivity contribution in [2.45, 2.75) is 39.7 Å². The highest BCUT2D eigenvalue weighted by Crippen LogP contribution is 2.26. The summed E-state index contributed by atoms with van der Waals surface area (Å²) in [5, 5.41) is 0. The summed E-state index contributed by atoms with van der Waals surface area (Å²) in [6, 6.07) is 25.5. The maximum Gasteiger partial charge on any atom is 0.254 e. The number of anilines is 1. The van der Waals surface area contributed by atoms with Crippen LogP contribution in [0.5, 0.6) is 0 Å². The van der Waals surface area contributed by atoms with E-state index >= 15 is 0 Å². The van der Waals surface area contributed by atoms with Gasteiger partial charge in [-0.25, -0.2) is 0 Å². The molecule has 0 N–H and O–H groups in total. The van der Waals surface area contributed by atoms with E-state index in [9.17, 15) is 4.79 Å². The molecule has 1 aliphatic heterocycles. The molecule has 0 aliphatic carbocycles. The fraction of sp³-hybridized carbons (Fsp3) is 0.321. The average molecular weight is 413 g/mol. The quantitative estimate of drug-likeness (QED) is 0.557. The van der Waals surface area contributed by atoms with Gasteiger partial charge in [0.15, 0.2) is 0 Å². The van der Waals surface area contributed by atoms with Crippen molar-refractivity contribution in [1.29, 1.82) is 0 Å². The van der Waals surface area contributed by atoms with Crippen molar-refractivity contribution in [3.05, 3.63) is 101 Å². The fourth-order valence-electron chi connectivity index (χ4n) is 4.78. The van der Waals surface area contributed by atoms with E-state index in [1.165, 1.54) is 16.8 Å². The molecule has 3 aromatic carbocycles. The number of hydrogen-bond acceptors (Lipinski definition) is 2. The number of carbonyl (C=O) groups excluding carboxylic acids is 1. The minimum absolute atomic E-state index is 0.134. The van der Waals surface area contributed by atoms with Crippen molar-refractivity contribution in [2.24, 2.45) is 0 Å². The SMILES string of the molecule is CCc1ccccc1N1CCN(C(=O)c2cc(C)cc(C)c2)[C@H](Cc2ccccc2)C1. The van der Waals surface area contributed by atoms with Crippen molar-refractivity contribution in [1.82, 2.24) is 4.90 Å². The van der Waals surface area contributed by atoms with Crippen molar-refractivity contribution in [3.8, 4) is 0 Å². The first-order chi connectivity index (χ1) is 15.0. The molecule has 3 nitrogen and oxygen atoms in total. The summed E-state index contributed by atoms with van der Waals surface area (Å²) < 4.78 is 0. The lowest BCUT2D eigenvalue weighted by Gasteiger charge is -2.43. The maximum atomic E-state index is 13.6. The number of aryl methyl sites for hydroxylation is 3. The highest BCUT2D eigenvalue weighted by atomic mass is 16.2. The molecule has 0 unspecified atom stereocenters. The molecule has 1 heterocycles. The topological polar surface area (TPSA) is 23.6 Å². The zero-order chi connectivity index (χ0) is 21.8. The van der Waals surface area contributed by atoms with Crippen LogP contribution in [0, 0.1) is 13.8 Å². The Bertz CT molecular complexity index is 1020. The molecule has 0 bridgehead atoms. The summed E-state index contributed by atoms with van der Waals surface area (Å²) in [6.45, 7) is 8.78. The van der Waals surface area contributed by atoms with Crippen LogP contribution in [0.1, 0.15) is 39.5 Å². The number of para-hydroxylation sites is 1. The van der Waals surface area contributed by atoms with E-state index in [-0.39, 0.29) is 11.9 Å². The molecule has 1 saturated heterocycles. The second kappa shape index (κ2) is 9.38. The highest BCUT2D eigenvalue weighted by molar-refractivity contribution is 5.95. The van der Waals surface area contributed by atoms with Gasteiger partial charge in [0.25, 0.3) is 5.91 Å². The van der Waals surface area contributed by atoms with E-state index in [1.807, 2.05) is 18.2 Å². The monoisotopic (exact) mass is 412 g/mol. The summed E-state index contributed by atoms with van der Waals surface area (Å²) in [5.41, 5.74) is 7.03. The number of benzene rings is 3. The zero-order valence-corrected chi connectivity index (χ0v) is 18.8. The van der Waals surface area contributed by atoms with Crippen LogP contribution in [-0.2, 0) is 12.8 Å². The molecular weight excluding hydrogens is 380 g/mol. The lowest BCUT2D eigenvalue weighted by Crippen LogP contribution is -2.56. The van der Waals surface area contributed by atoms with Crippen molar-refractivity contribution >= 4 is 11.6 Å². The van der Waals surface area contributed by atoms with E-state index in [4.69, 9.17) is 0 Å². The van der Waals surface area contributed by atoms with Crippen LogP contribution in [-0.4, -0.2) is 36.5 Å². The Morgan fingerprint density at radius 3 is 2.29 bits per heavy atom. The van der Waals surface area contributed by atoms with Gasteiger partial charge in [0.05, 0.1) is 6.04 Å². The van der Waals surface area contributed by atoms with Gasteiger partial charge in [-0.3, -0.25) is 4.79 Å². The van der Waals surface area contributed by atoms with Gasteiger partial charge in [-0.2, -0.15) is 0 Å². The van der Waals surface area contributed by atoms with Crippen molar-refractivity contribution < 1.29 is 4.79 Å². The molecule has 0 spiro atoms. The number of nitrogens with zero attached hydrogens (tertiary/aromatic N) is 2. The number of piperazine rings is 1. The summed E-state index contributed by atoms with van der Waals surface area (Å²) in [6.07, 6.45) is 1.88. The summed E-state index contributed by atoms with van der Waals surface area (Å²) in [7, 11) is 0. The summed E-state index contributed by atoms with van der Waals surface area (Å²) in [5.74, 6) is 0.149. The van der Waals surface area contributed by atoms with Crippen molar-refractivity contribution in [2.75, 3.05) is 24.5 Å². The molecule has 0 saturated carbocycles. The van der Waals surface area contributed by atoms with Gasteiger partial charge in [-0.1, -0.05) is 72.6 Å². The Hall–Kier alpha value is -3.07. The molecule has 31 heavy (non-hydrogen) atoms. The van der Waals surface area contributed by atoms with Gasteiger partial charge in [0, 0.05) is 30.9 Å². The Kier molecular flexibility index (Phi) is 6.41. The Morgan fingerprint density at radius 2 is 1.58 bits per heavy atom. The largest absolute Gasteiger partial charge is 0.367 e. The molecular formula is C28H32N2O. The van der Waals surface area contributed by atoms with Crippen LogP contribution in [0.2, 0.25) is 0 Å². The number of hydrogen-bond donors (Lipinski definition) is 0. The summed E-state index contributed by atoms with van der Waals surface area (Å²) >= 11 is 0. The van der Waals surface area contributed by atoms with Gasteiger partial charge >= 0.3 is 0 Å². The van der Waals surface area contributed by atoms with Crippen LogP contribution in [0.3, 0.4) is 0 Å². The third-order valence-electron chi connectivity index (χ3n) is 6.24. The summed E-state index contributed by atoms with van der Waals surface area (Å²) in [4.78, 5) is 18.2. The molecule has 1 fully saturated rings. The van der Waals surface area contributed by atoms with Gasteiger partial charge in [-0.15, -0.1) is 0 Å². The first kappa shape index (κ1) is 21.2. The first-order valence-corrected chi connectivity index (χ1v) is 11.3. The second-order valence-corrected chi connectivity index (χ2v) is 8.65. The third-order valence-corrected chi connectivity index (χ3v) is 6.24. The lowest BCUT2D eigenvalue weighted by molar-refractivity contribution is 0.0656. The highest BCUT2D eigenvalue weighted by Gasteiger charge is 2.32. The van der Waals surface area contributed by atoms with Crippen molar-refractivity contribution in [3.63, 3.8) is 0 Å². The molecule has 3 heteroatoms. The van der Waals surface area contributed by atoms with Gasteiger partial charge < -0.3 is 9.80 Å². The molecule has 1 aliphatic rings. The molecule has 1 atom stereocenters. The van der Waals surface area contributed by atoms with E-state index in [2.05, 4.69) is 85.2 Å². The standard InChI is InChI=1S/C28H32N2O/c1-4-24-12-8-9-13-27(24)29-14-15-30(26(20-29)19-23-10-6-5-7-11-23)28(31)25-17-21(2)16-22(3)18-25/h5-13,16-18,26H,4,14-15,19-20H2,1-3H3/t26-/m1/s1. The Labute approximate surface area is 186 Å².